The Balaban J connectivity index is 2.42. The van der Waals surface area contributed by atoms with Gasteiger partial charge in [0.25, 0.3) is 0 Å². The number of nitrogens with zero attached hydrogens (tertiary/aromatic N) is 1. The van der Waals surface area contributed by atoms with E-state index in [1.807, 2.05) is 10.6 Å². The number of methoxy groups -OCH3 is 1. The topological polar surface area (TPSA) is 60.7 Å². The van der Waals surface area contributed by atoms with Crippen LogP contribution in [0.25, 0.3) is 10.9 Å². The van der Waals surface area contributed by atoms with E-state index in [9.17, 15) is 9.90 Å². The van der Waals surface area contributed by atoms with Gasteiger partial charge in [-0.3, -0.25) is 4.79 Å². The fraction of sp³-hybridized carbons (Fsp3) is 0.308. The minimum absolute atomic E-state index is 0.0130. The Labute approximate surface area is 104 Å². The summed E-state index contributed by atoms with van der Waals surface area (Å²) in [5, 5.41) is 10.7. The number of ether oxygens (including phenoxy) is 2. The lowest BCUT2D eigenvalue weighted by Gasteiger charge is -2.17. The maximum atomic E-state index is 11.3. The van der Waals surface area contributed by atoms with Gasteiger partial charge in [-0.15, -0.1) is 0 Å². The SMILES string of the molecule is COc1ccc2c(c1O)c(C=O)c1n2CCOC1. The molecule has 2 heterocycles. The number of hydrogen-bond acceptors (Lipinski definition) is 4. The molecule has 0 spiro atoms. The zero-order valence-corrected chi connectivity index (χ0v) is 9.97. The van der Waals surface area contributed by atoms with Crippen LogP contribution in [0.4, 0.5) is 0 Å². The number of aldehydes is 1. The molecule has 0 atom stereocenters. The Morgan fingerprint density at radius 1 is 1.50 bits per heavy atom. The lowest BCUT2D eigenvalue weighted by atomic mass is 10.1. The van der Waals surface area contributed by atoms with Crippen LogP contribution in [0.1, 0.15) is 16.1 Å². The fourth-order valence-corrected chi connectivity index (χ4v) is 2.51. The molecule has 0 amide bonds. The van der Waals surface area contributed by atoms with Crippen molar-refractivity contribution in [2.75, 3.05) is 13.7 Å². The van der Waals surface area contributed by atoms with Crippen LogP contribution in [0, 0.1) is 0 Å². The van der Waals surface area contributed by atoms with Crippen molar-refractivity contribution in [1.82, 2.24) is 4.57 Å². The molecule has 0 saturated heterocycles. The van der Waals surface area contributed by atoms with Crippen molar-refractivity contribution in [1.29, 1.82) is 0 Å². The van der Waals surface area contributed by atoms with Crippen molar-refractivity contribution in [3.8, 4) is 11.5 Å². The van der Waals surface area contributed by atoms with Gasteiger partial charge in [0.2, 0.25) is 0 Å². The third-order valence-corrected chi connectivity index (χ3v) is 3.35. The standard InChI is InChI=1S/C13H13NO4/c1-17-11-3-2-9-12(13(11)16)8(6-15)10-7-18-5-4-14(9)10/h2-3,6,16H,4-5,7H2,1H3. The summed E-state index contributed by atoms with van der Waals surface area (Å²) in [4.78, 5) is 11.3. The molecule has 1 aliphatic heterocycles. The molecule has 1 aromatic heterocycles. The molecule has 5 heteroatoms. The second kappa shape index (κ2) is 4.03. The molecule has 18 heavy (non-hydrogen) atoms. The molecule has 1 aromatic carbocycles. The van der Waals surface area contributed by atoms with E-state index in [0.29, 0.717) is 36.5 Å². The first-order chi connectivity index (χ1) is 8.77. The Morgan fingerprint density at radius 2 is 2.33 bits per heavy atom. The quantitative estimate of drug-likeness (QED) is 0.820. The Kier molecular flexibility index (Phi) is 2.48. The summed E-state index contributed by atoms with van der Waals surface area (Å²) in [7, 11) is 1.49. The number of aromatic hydroxyl groups is 1. The van der Waals surface area contributed by atoms with E-state index in [4.69, 9.17) is 9.47 Å². The first-order valence-electron chi connectivity index (χ1n) is 5.72. The van der Waals surface area contributed by atoms with Gasteiger partial charge in [-0.25, -0.2) is 0 Å². The highest BCUT2D eigenvalue weighted by Gasteiger charge is 2.23. The summed E-state index contributed by atoms with van der Waals surface area (Å²) in [6, 6.07) is 3.56. The molecule has 3 rings (SSSR count). The largest absolute Gasteiger partial charge is 0.504 e. The molecule has 0 fully saturated rings. The summed E-state index contributed by atoms with van der Waals surface area (Å²) in [5.74, 6) is 0.383. The molecule has 1 N–H and O–H groups in total. The van der Waals surface area contributed by atoms with E-state index < -0.39 is 0 Å². The van der Waals surface area contributed by atoms with Crippen LogP contribution in [-0.2, 0) is 17.9 Å². The van der Waals surface area contributed by atoms with E-state index in [-0.39, 0.29) is 5.75 Å². The molecule has 0 saturated carbocycles. The molecule has 1 aliphatic rings. The molecule has 0 unspecified atom stereocenters. The average Bonchev–Trinajstić information content (AvgIpc) is 2.74. The Morgan fingerprint density at radius 3 is 3.06 bits per heavy atom. The van der Waals surface area contributed by atoms with Gasteiger partial charge >= 0.3 is 0 Å². The smallest absolute Gasteiger partial charge is 0.167 e. The average molecular weight is 247 g/mol. The van der Waals surface area contributed by atoms with Crippen molar-refractivity contribution >= 4 is 17.2 Å². The Hall–Kier alpha value is -2.01. The van der Waals surface area contributed by atoms with Gasteiger partial charge < -0.3 is 19.1 Å². The predicted molar refractivity (Wildman–Crippen MR) is 65.2 cm³/mol. The third kappa shape index (κ3) is 1.34. The number of benzene rings is 1. The van der Waals surface area contributed by atoms with Crippen molar-refractivity contribution in [2.45, 2.75) is 13.2 Å². The van der Waals surface area contributed by atoms with Gasteiger partial charge in [0, 0.05) is 12.1 Å². The number of aromatic nitrogens is 1. The van der Waals surface area contributed by atoms with Gasteiger partial charge in [0.1, 0.15) is 0 Å². The monoisotopic (exact) mass is 247 g/mol. The van der Waals surface area contributed by atoms with Crippen LogP contribution in [0.15, 0.2) is 12.1 Å². The van der Waals surface area contributed by atoms with Crippen LogP contribution in [0.3, 0.4) is 0 Å². The highest BCUT2D eigenvalue weighted by Crippen LogP contribution is 2.39. The second-order valence-electron chi connectivity index (χ2n) is 4.19. The minimum Gasteiger partial charge on any atom is -0.504 e. The first-order valence-corrected chi connectivity index (χ1v) is 5.72. The van der Waals surface area contributed by atoms with E-state index in [1.165, 1.54) is 7.11 Å². The van der Waals surface area contributed by atoms with E-state index in [0.717, 1.165) is 17.5 Å². The van der Waals surface area contributed by atoms with Gasteiger partial charge in [-0.05, 0) is 12.1 Å². The maximum absolute atomic E-state index is 11.3. The molecular weight excluding hydrogens is 234 g/mol. The van der Waals surface area contributed by atoms with Crippen LogP contribution in [-0.4, -0.2) is 29.7 Å². The van der Waals surface area contributed by atoms with Crippen LogP contribution in [0.2, 0.25) is 0 Å². The first kappa shape index (κ1) is 11.1. The second-order valence-corrected chi connectivity index (χ2v) is 4.19. The fourth-order valence-electron chi connectivity index (χ4n) is 2.51. The number of rotatable bonds is 2. The van der Waals surface area contributed by atoms with Crippen molar-refractivity contribution in [2.24, 2.45) is 0 Å². The van der Waals surface area contributed by atoms with Gasteiger partial charge in [-0.1, -0.05) is 0 Å². The summed E-state index contributed by atoms with van der Waals surface area (Å²) >= 11 is 0. The zero-order valence-electron chi connectivity index (χ0n) is 9.97. The highest BCUT2D eigenvalue weighted by atomic mass is 16.5. The number of phenolic OH excluding ortho intramolecular Hbond substituents is 1. The third-order valence-electron chi connectivity index (χ3n) is 3.35. The number of phenols is 1. The molecule has 94 valence electrons. The van der Waals surface area contributed by atoms with Crippen LogP contribution < -0.4 is 4.74 Å². The van der Waals surface area contributed by atoms with E-state index >= 15 is 0 Å². The molecule has 0 radical (unpaired) electrons. The van der Waals surface area contributed by atoms with Crippen LogP contribution >= 0.6 is 0 Å². The lowest BCUT2D eigenvalue weighted by Crippen LogP contribution is -2.16. The molecule has 5 nitrogen and oxygen atoms in total. The van der Waals surface area contributed by atoms with E-state index in [1.54, 1.807) is 6.07 Å². The molecule has 0 aliphatic carbocycles. The molecular formula is C13H13NO4. The molecule has 0 bridgehead atoms. The number of carbonyl (C=O) groups is 1. The predicted octanol–water partition coefficient (Wildman–Crippen LogP) is 1.70. The Bertz CT molecular complexity index is 630. The van der Waals surface area contributed by atoms with Gasteiger partial charge in [-0.2, -0.15) is 0 Å². The lowest BCUT2D eigenvalue weighted by molar-refractivity contribution is 0.0849. The summed E-state index contributed by atoms with van der Waals surface area (Å²) < 4.78 is 12.5. The normalized spacial score (nSPS) is 14.5. The number of fused-ring (bicyclic) bond motifs is 3. The minimum atomic E-state index is 0.0130. The van der Waals surface area contributed by atoms with Gasteiger partial charge in [0.15, 0.2) is 17.8 Å². The van der Waals surface area contributed by atoms with Crippen LogP contribution in [0.5, 0.6) is 11.5 Å². The summed E-state index contributed by atoms with van der Waals surface area (Å²) in [6.07, 6.45) is 0.766. The van der Waals surface area contributed by atoms with Crippen molar-refractivity contribution in [3.05, 3.63) is 23.4 Å². The van der Waals surface area contributed by atoms with Crippen molar-refractivity contribution < 1.29 is 19.4 Å². The summed E-state index contributed by atoms with van der Waals surface area (Å²) in [6.45, 7) is 1.69. The summed E-state index contributed by atoms with van der Waals surface area (Å²) in [5.41, 5.74) is 2.14. The highest BCUT2D eigenvalue weighted by molar-refractivity contribution is 6.04. The molecule has 2 aromatic rings. The van der Waals surface area contributed by atoms with E-state index in [2.05, 4.69) is 0 Å². The van der Waals surface area contributed by atoms with Gasteiger partial charge in [0.05, 0.1) is 36.9 Å². The number of hydrogen-bond donors (Lipinski definition) is 1. The maximum Gasteiger partial charge on any atom is 0.167 e. The number of carbonyl (C=O) groups excluding carboxylic acids is 1. The zero-order chi connectivity index (χ0) is 12.7. The van der Waals surface area contributed by atoms with Crippen molar-refractivity contribution in [3.63, 3.8) is 0 Å².